The number of halogens is 1. The summed E-state index contributed by atoms with van der Waals surface area (Å²) in [6, 6.07) is 10.0. The van der Waals surface area contributed by atoms with Crippen LogP contribution in [-0.4, -0.2) is 99.9 Å². The summed E-state index contributed by atoms with van der Waals surface area (Å²) in [7, 11) is 0. The third-order valence-electron chi connectivity index (χ3n) is 8.08. The van der Waals surface area contributed by atoms with Crippen LogP contribution in [0.2, 0.25) is 0 Å². The van der Waals surface area contributed by atoms with Gasteiger partial charge in [0, 0.05) is 66.7 Å². The predicted molar refractivity (Wildman–Crippen MR) is 172 cm³/mol. The molecule has 2 amide bonds. The van der Waals surface area contributed by atoms with Gasteiger partial charge >= 0.3 is 6.09 Å². The number of benzene rings is 1. The SMILES string of the molecule is CCOC(=O)N1CC[C@H](Nc2c(Br)cnc3nc(-c4cc(C)n(-c5cccc(NC(=O)CN6CCOCC6)c5)c4C)[nH]c23)C1. The molecule has 0 spiro atoms. The molecule has 0 radical (unpaired) electrons. The van der Waals surface area contributed by atoms with E-state index in [1.54, 1.807) is 11.1 Å². The highest BCUT2D eigenvalue weighted by Gasteiger charge is 2.28. The van der Waals surface area contributed by atoms with Crippen LogP contribution in [0.1, 0.15) is 24.7 Å². The molecule has 0 saturated carbocycles. The number of likely N-dealkylation sites (tertiary alicyclic amines) is 1. The topological polar surface area (TPSA) is 130 Å². The number of hydrogen-bond acceptors (Lipinski definition) is 8. The molecule has 4 aromatic rings. The predicted octanol–water partition coefficient (Wildman–Crippen LogP) is 4.71. The van der Waals surface area contributed by atoms with E-state index in [1.165, 1.54) is 0 Å². The number of aryl methyl sites for hydroxylation is 1. The van der Waals surface area contributed by atoms with Crippen molar-refractivity contribution in [3.05, 3.63) is 52.4 Å². The summed E-state index contributed by atoms with van der Waals surface area (Å²) < 4.78 is 13.5. The van der Waals surface area contributed by atoms with Gasteiger partial charge in [0.05, 0.1) is 36.5 Å². The smallest absolute Gasteiger partial charge is 0.409 e. The van der Waals surface area contributed by atoms with Crippen molar-refractivity contribution in [1.82, 2.24) is 29.3 Å². The molecular formula is C31H37BrN8O4. The van der Waals surface area contributed by atoms with E-state index in [-0.39, 0.29) is 18.0 Å². The molecule has 2 aliphatic heterocycles. The number of anilines is 2. The number of carbonyl (C=O) groups excluding carboxylic acids is 2. The minimum absolute atomic E-state index is 0.0396. The van der Waals surface area contributed by atoms with E-state index in [0.717, 1.165) is 63.5 Å². The van der Waals surface area contributed by atoms with Crippen LogP contribution < -0.4 is 10.6 Å². The molecular weight excluding hydrogens is 628 g/mol. The standard InChI is InChI=1S/C31H37BrN8O4/c1-4-44-31(42)39-9-8-22(17-39)35-27-25(32)16-33-30-28(27)36-29(37-30)24-14-19(2)40(20(24)3)23-7-5-6-21(15-23)34-26(41)18-38-10-12-43-13-11-38/h5-7,14-16,22H,4,8-13,17-18H2,1-3H3,(H,34,41)(H2,33,35,36,37)/t22-/m0/s1. The first-order chi connectivity index (χ1) is 21.3. The van der Waals surface area contributed by atoms with Crippen molar-refractivity contribution in [2.45, 2.75) is 33.2 Å². The number of ether oxygens (including phenoxy) is 2. The van der Waals surface area contributed by atoms with Crippen molar-refractivity contribution in [3.63, 3.8) is 0 Å². The summed E-state index contributed by atoms with van der Waals surface area (Å²) >= 11 is 3.65. The highest BCUT2D eigenvalue weighted by Crippen LogP contribution is 2.34. The molecule has 44 heavy (non-hydrogen) atoms. The Morgan fingerprint density at radius 1 is 1.18 bits per heavy atom. The molecule has 6 rings (SSSR count). The van der Waals surface area contributed by atoms with Gasteiger partial charge in [0.15, 0.2) is 5.65 Å². The Kier molecular flexibility index (Phi) is 8.87. The molecule has 3 aromatic heterocycles. The zero-order valence-electron chi connectivity index (χ0n) is 25.2. The number of rotatable bonds is 8. The number of imidazole rings is 1. The summed E-state index contributed by atoms with van der Waals surface area (Å²) in [6.07, 6.45) is 2.27. The first-order valence-electron chi connectivity index (χ1n) is 14.9. The highest BCUT2D eigenvalue weighted by atomic mass is 79.9. The first-order valence-corrected chi connectivity index (χ1v) is 15.7. The lowest BCUT2D eigenvalue weighted by molar-refractivity contribution is -0.118. The zero-order valence-corrected chi connectivity index (χ0v) is 26.7. The normalized spacial score (nSPS) is 17.3. The van der Waals surface area contributed by atoms with Crippen LogP contribution in [0.4, 0.5) is 16.2 Å². The number of nitrogens with one attached hydrogen (secondary N) is 3. The van der Waals surface area contributed by atoms with Crippen LogP contribution in [0, 0.1) is 13.8 Å². The Labute approximate surface area is 264 Å². The molecule has 2 fully saturated rings. The molecule has 0 bridgehead atoms. The second-order valence-electron chi connectivity index (χ2n) is 11.1. The molecule has 5 heterocycles. The van der Waals surface area contributed by atoms with E-state index >= 15 is 0 Å². The number of hydrogen-bond donors (Lipinski definition) is 3. The van der Waals surface area contributed by atoms with Crippen LogP contribution in [0.3, 0.4) is 0 Å². The molecule has 0 aliphatic carbocycles. The molecule has 3 N–H and O–H groups in total. The summed E-state index contributed by atoms with van der Waals surface area (Å²) in [4.78, 5) is 41.7. The van der Waals surface area contributed by atoms with Crippen molar-refractivity contribution < 1.29 is 19.1 Å². The molecule has 13 heteroatoms. The van der Waals surface area contributed by atoms with Gasteiger partial charge in [0.2, 0.25) is 5.91 Å². The largest absolute Gasteiger partial charge is 0.450 e. The average Bonchev–Trinajstić information content (AvgIpc) is 3.72. The molecule has 232 valence electrons. The second kappa shape index (κ2) is 13.0. The first kappa shape index (κ1) is 30.1. The van der Waals surface area contributed by atoms with E-state index in [2.05, 4.69) is 65.9 Å². The van der Waals surface area contributed by atoms with Crippen LogP contribution in [-0.2, 0) is 14.3 Å². The van der Waals surface area contributed by atoms with Crippen molar-refractivity contribution in [2.24, 2.45) is 0 Å². The van der Waals surface area contributed by atoms with Gasteiger partial charge in [-0.2, -0.15) is 0 Å². The lowest BCUT2D eigenvalue weighted by Crippen LogP contribution is -2.41. The maximum absolute atomic E-state index is 12.7. The van der Waals surface area contributed by atoms with Gasteiger partial charge in [0.25, 0.3) is 0 Å². The average molecular weight is 666 g/mol. The van der Waals surface area contributed by atoms with Gasteiger partial charge in [-0.25, -0.2) is 14.8 Å². The van der Waals surface area contributed by atoms with Gasteiger partial charge in [-0.3, -0.25) is 9.69 Å². The third-order valence-corrected chi connectivity index (χ3v) is 8.68. The molecule has 1 aromatic carbocycles. The Hall–Kier alpha value is -3.94. The monoisotopic (exact) mass is 664 g/mol. The van der Waals surface area contributed by atoms with Gasteiger partial charge < -0.3 is 34.6 Å². The lowest BCUT2D eigenvalue weighted by Gasteiger charge is -2.25. The van der Waals surface area contributed by atoms with E-state index in [0.29, 0.717) is 50.9 Å². The van der Waals surface area contributed by atoms with E-state index in [1.807, 2.05) is 31.2 Å². The van der Waals surface area contributed by atoms with E-state index < -0.39 is 0 Å². The van der Waals surface area contributed by atoms with Crippen LogP contribution >= 0.6 is 15.9 Å². The van der Waals surface area contributed by atoms with Gasteiger partial charge in [-0.15, -0.1) is 0 Å². The molecule has 12 nitrogen and oxygen atoms in total. The van der Waals surface area contributed by atoms with Crippen LogP contribution in [0.15, 0.2) is 41.0 Å². The summed E-state index contributed by atoms with van der Waals surface area (Å²) in [5.41, 5.74) is 6.94. The number of aromatic amines is 1. The van der Waals surface area contributed by atoms with Crippen LogP contribution in [0.5, 0.6) is 0 Å². The molecule has 2 aliphatic rings. The fraction of sp³-hybridized carbons (Fsp3) is 0.419. The summed E-state index contributed by atoms with van der Waals surface area (Å²) in [5.74, 6) is 0.671. The third kappa shape index (κ3) is 6.30. The maximum atomic E-state index is 12.7. The Morgan fingerprint density at radius 3 is 2.80 bits per heavy atom. The lowest BCUT2D eigenvalue weighted by atomic mass is 10.2. The van der Waals surface area contributed by atoms with Crippen molar-refractivity contribution >= 4 is 50.5 Å². The van der Waals surface area contributed by atoms with Gasteiger partial charge in [0.1, 0.15) is 11.3 Å². The van der Waals surface area contributed by atoms with Crippen molar-refractivity contribution in [2.75, 3.05) is 63.2 Å². The zero-order chi connectivity index (χ0) is 30.8. The fourth-order valence-electron chi connectivity index (χ4n) is 5.95. The van der Waals surface area contributed by atoms with Crippen LogP contribution in [0.25, 0.3) is 28.2 Å². The molecule has 0 unspecified atom stereocenters. The number of aromatic nitrogens is 4. The highest BCUT2D eigenvalue weighted by molar-refractivity contribution is 9.10. The Balaban J connectivity index is 1.22. The van der Waals surface area contributed by atoms with E-state index in [4.69, 9.17) is 14.5 Å². The van der Waals surface area contributed by atoms with Crippen molar-refractivity contribution in [1.29, 1.82) is 0 Å². The quantitative estimate of drug-likeness (QED) is 0.247. The Morgan fingerprint density at radius 2 is 2.00 bits per heavy atom. The number of nitrogens with zero attached hydrogens (tertiary/aromatic N) is 5. The number of carbonyl (C=O) groups is 2. The van der Waals surface area contributed by atoms with Crippen molar-refractivity contribution in [3.8, 4) is 17.1 Å². The van der Waals surface area contributed by atoms with E-state index in [9.17, 15) is 9.59 Å². The number of amides is 2. The summed E-state index contributed by atoms with van der Waals surface area (Å²) in [5, 5.41) is 6.64. The molecule has 1 atom stereocenters. The number of pyridine rings is 1. The summed E-state index contributed by atoms with van der Waals surface area (Å²) in [6.45, 7) is 10.7. The number of morpholine rings is 1. The Bertz CT molecular complexity index is 1680. The van der Waals surface area contributed by atoms with Gasteiger partial charge in [-0.1, -0.05) is 6.07 Å². The minimum Gasteiger partial charge on any atom is -0.450 e. The maximum Gasteiger partial charge on any atom is 0.409 e. The van der Waals surface area contributed by atoms with Gasteiger partial charge in [-0.05, 0) is 67.4 Å². The second-order valence-corrected chi connectivity index (χ2v) is 12.0. The minimum atomic E-state index is -0.282. The number of H-pyrrole nitrogens is 1. The molecule has 2 saturated heterocycles. The number of fused-ring (bicyclic) bond motifs is 1. The fourth-order valence-corrected chi connectivity index (χ4v) is 6.37.